The molecule has 1 saturated heterocycles. The van der Waals surface area contributed by atoms with E-state index < -0.39 is 18.1 Å². The first-order valence-electron chi connectivity index (χ1n) is 9.38. The lowest BCUT2D eigenvalue weighted by Crippen LogP contribution is -2.64. The second-order valence-electron chi connectivity index (χ2n) is 8.18. The normalized spacial score (nSPS) is 18.9. The highest BCUT2D eigenvalue weighted by atomic mass is 19.1. The van der Waals surface area contributed by atoms with Gasteiger partial charge in [0.15, 0.2) is 0 Å². The lowest BCUT2D eigenvalue weighted by atomic mass is 9.77. The monoisotopic (exact) mass is 383 g/mol. The highest BCUT2D eigenvalue weighted by Gasteiger charge is 2.49. The van der Waals surface area contributed by atoms with Crippen molar-refractivity contribution in [3.63, 3.8) is 0 Å². The Labute approximate surface area is 162 Å². The maximum absolute atomic E-state index is 13.4. The molecule has 2 aromatic heterocycles. The fourth-order valence-corrected chi connectivity index (χ4v) is 4.36. The van der Waals surface area contributed by atoms with Gasteiger partial charge in [0.1, 0.15) is 11.7 Å². The van der Waals surface area contributed by atoms with E-state index in [0.717, 1.165) is 10.9 Å². The Hall–Kier alpha value is -2.95. The van der Waals surface area contributed by atoms with E-state index in [0.29, 0.717) is 17.8 Å². The number of likely N-dealkylation sites (tertiary alicyclic amines) is 1. The Morgan fingerprint density at radius 3 is 2.86 bits per heavy atom. The molecule has 0 aromatic carbocycles. The molecule has 2 aromatic rings. The number of aromatic amines is 1. The molecule has 1 fully saturated rings. The van der Waals surface area contributed by atoms with Crippen LogP contribution in [0.2, 0.25) is 0 Å². The quantitative estimate of drug-likeness (QED) is 0.857. The first-order chi connectivity index (χ1) is 13.4. The zero-order valence-electron chi connectivity index (χ0n) is 15.9. The summed E-state index contributed by atoms with van der Waals surface area (Å²) in [7, 11) is 0. The molecule has 1 atom stereocenters. The first kappa shape index (κ1) is 18.4. The lowest BCUT2D eigenvalue weighted by molar-refractivity contribution is -0.151. The van der Waals surface area contributed by atoms with Crippen LogP contribution in [-0.2, 0) is 11.3 Å². The van der Waals surface area contributed by atoms with Gasteiger partial charge in [0, 0.05) is 49.2 Å². The smallest absolute Gasteiger partial charge is 0.257 e. The van der Waals surface area contributed by atoms with Crippen LogP contribution in [0.5, 0.6) is 0 Å². The molecule has 4 rings (SSSR count). The number of nitriles is 1. The van der Waals surface area contributed by atoms with Crippen molar-refractivity contribution >= 4 is 22.8 Å². The Balaban J connectivity index is 1.60. The van der Waals surface area contributed by atoms with Gasteiger partial charge in [-0.1, -0.05) is 13.8 Å². The van der Waals surface area contributed by atoms with E-state index in [1.165, 1.54) is 0 Å². The van der Waals surface area contributed by atoms with Gasteiger partial charge in [-0.2, -0.15) is 5.26 Å². The molecule has 0 aliphatic carbocycles. The van der Waals surface area contributed by atoms with Crippen LogP contribution < -0.4 is 0 Å². The average Bonchev–Trinajstić information content (AvgIpc) is 3.07. The molecular formula is C20H22FN5O2. The number of carbonyl (C=O) groups is 2. The number of pyridine rings is 1. The van der Waals surface area contributed by atoms with Crippen molar-refractivity contribution in [1.82, 2.24) is 19.8 Å². The minimum Gasteiger partial charge on any atom is -0.345 e. The number of amides is 2. The van der Waals surface area contributed by atoms with E-state index in [9.17, 15) is 14.0 Å². The van der Waals surface area contributed by atoms with E-state index >= 15 is 0 Å². The van der Waals surface area contributed by atoms with Crippen LogP contribution in [0.1, 0.15) is 36.2 Å². The summed E-state index contributed by atoms with van der Waals surface area (Å²) in [6, 6.07) is 3.24. The standard InChI is InChI=1S/C20H22FN5O2/c1-12(2)16(19(28)25-10-20(9-21,11-25)4-5-22)26-8-13-3-6-23-17-15(13)14(7-24-17)18(26)27/h3,6-7,12,16H,4,8-11H2,1-2H3,(H,23,24)/t16-/m1/s1. The number of hydrogen-bond acceptors (Lipinski definition) is 4. The lowest BCUT2D eigenvalue weighted by Gasteiger charge is -2.50. The van der Waals surface area contributed by atoms with Crippen molar-refractivity contribution in [2.75, 3.05) is 19.8 Å². The van der Waals surface area contributed by atoms with Crippen molar-refractivity contribution in [3.05, 3.63) is 29.6 Å². The van der Waals surface area contributed by atoms with Crippen LogP contribution in [-0.4, -0.2) is 57.4 Å². The third-order valence-electron chi connectivity index (χ3n) is 5.81. The summed E-state index contributed by atoms with van der Waals surface area (Å²) in [6.45, 7) is 3.95. The Morgan fingerprint density at radius 1 is 1.46 bits per heavy atom. The SMILES string of the molecule is CC(C)[C@H](C(=O)N1CC(CF)(CC#N)C1)N1Cc2ccnc3[nH]cc(c23)C1=O. The highest BCUT2D eigenvalue weighted by Crippen LogP contribution is 2.37. The number of rotatable bonds is 5. The topological polar surface area (TPSA) is 93.1 Å². The second-order valence-corrected chi connectivity index (χ2v) is 8.18. The van der Waals surface area contributed by atoms with Crippen molar-refractivity contribution < 1.29 is 14.0 Å². The van der Waals surface area contributed by atoms with Crippen LogP contribution in [0.15, 0.2) is 18.5 Å². The molecule has 0 radical (unpaired) electrons. The number of nitrogens with zero attached hydrogens (tertiary/aromatic N) is 4. The molecule has 2 amide bonds. The van der Waals surface area contributed by atoms with Crippen LogP contribution >= 0.6 is 0 Å². The molecule has 2 aliphatic rings. The third-order valence-corrected chi connectivity index (χ3v) is 5.81. The van der Waals surface area contributed by atoms with E-state index in [2.05, 4.69) is 9.97 Å². The largest absolute Gasteiger partial charge is 0.345 e. The Kier molecular flexibility index (Phi) is 4.33. The molecule has 7 nitrogen and oxygen atoms in total. The average molecular weight is 383 g/mol. The van der Waals surface area contributed by atoms with Gasteiger partial charge in [-0.25, -0.2) is 4.98 Å². The van der Waals surface area contributed by atoms with E-state index in [4.69, 9.17) is 5.26 Å². The number of aromatic nitrogens is 2. The summed E-state index contributed by atoms with van der Waals surface area (Å²) in [5, 5.41) is 9.74. The Bertz CT molecular complexity index is 986. The van der Waals surface area contributed by atoms with Gasteiger partial charge in [-0.3, -0.25) is 14.0 Å². The van der Waals surface area contributed by atoms with Crippen LogP contribution in [0, 0.1) is 22.7 Å². The van der Waals surface area contributed by atoms with Crippen LogP contribution in [0.3, 0.4) is 0 Å². The summed E-state index contributed by atoms with van der Waals surface area (Å²) >= 11 is 0. The minimum atomic E-state index is -0.761. The minimum absolute atomic E-state index is 0.0873. The maximum atomic E-state index is 13.4. The number of hydrogen-bond donors (Lipinski definition) is 1. The van der Waals surface area contributed by atoms with Crippen molar-refractivity contribution in [1.29, 1.82) is 5.26 Å². The number of halogens is 1. The first-order valence-corrected chi connectivity index (χ1v) is 9.38. The molecule has 1 N–H and O–H groups in total. The zero-order valence-corrected chi connectivity index (χ0v) is 15.9. The third kappa shape index (κ3) is 2.65. The molecule has 0 spiro atoms. The number of nitrogens with one attached hydrogen (secondary N) is 1. The van der Waals surface area contributed by atoms with Crippen molar-refractivity contribution in [2.24, 2.45) is 11.3 Å². The van der Waals surface area contributed by atoms with Gasteiger partial charge in [-0.15, -0.1) is 0 Å². The highest BCUT2D eigenvalue weighted by molar-refractivity contribution is 6.10. The summed E-state index contributed by atoms with van der Waals surface area (Å²) < 4.78 is 13.4. The number of H-pyrrole nitrogens is 1. The van der Waals surface area contributed by atoms with E-state index in [1.54, 1.807) is 22.2 Å². The van der Waals surface area contributed by atoms with Crippen LogP contribution in [0.4, 0.5) is 4.39 Å². The number of alkyl halides is 1. The molecule has 0 unspecified atom stereocenters. The molecule has 0 bridgehead atoms. The summed E-state index contributed by atoms with van der Waals surface area (Å²) in [6.07, 6.45) is 3.41. The van der Waals surface area contributed by atoms with Gasteiger partial charge in [0.25, 0.3) is 5.91 Å². The van der Waals surface area contributed by atoms with Gasteiger partial charge >= 0.3 is 0 Å². The fraction of sp³-hybridized carbons (Fsp3) is 0.500. The van der Waals surface area contributed by atoms with Crippen molar-refractivity contribution in [3.8, 4) is 6.07 Å². The van der Waals surface area contributed by atoms with Crippen LogP contribution in [0.25, 0.3) is 11.0 Å². The maximum Gasteiger partial charge on any atom is 0.257 e. The Morgan fingerprint density at radius 2 is 2.21 bits per heavy atom. The van der Waals surface area contributed by atoms with E-state index in [-0.39, 0.29) is 37.2 Å². The van der Waals surface area contributed by atoms with Gasteiger partial charge in [-0.05, 0) is 17.5 Å². The molecular weight excluding hydrogens is 361 g/mol. The zero-order chi connectivity index (χ0) is 20.1. The fourth-order valence-electron chi connectivity index (χ4n) is 4.36. The summed E-state index contributed by atoms with van der Waals surface area (Å²) in [5.74, 6) is -0.492. The van der Waals surface area contributed by atoms with Gasteiger partial charge < -0.3 is 14.8 Å². The van der Waals surface area contributed by atoms with Crippen molar-refractivity contribution in [2.45, 2.75) is 32.9 Å². The summed E-state index contributed by atoms with van der Waals surface area (Å²) in [4.78, 5) is 36.8. The predicted octanol–water partition coefficient (Wildman–Crippen LogP) is 2.26. The van der Waals surface area contributed by atoms with Gasteiger partial charge in [0.05, 0.1) is 18.3 Å². The molecule has 0 saturated carbocycles. The molecule has 8 heteroatoms. The van der Waals surface area contributed by atoms with Gasteiger partial charge in [0.2, 0.25) is 5.91 Å². The van der Waals surface area contributed by atoms with E-state index in [1.807, 2.05) is 26.0 Å². The summed E-state index contributed by atoms with van der Waals surface area (Å²) in [5.41, 5.74) is 1.38. The molecule has 146 valence electrons. The predicted molar refractivity (Wildman–Crippen MR) is 99.8 cm³/mol. The molecule has 28 heavy (non-hydrogen) atoms. The molecule has 2 aliphatic heterocycles. The number of carbonyl (C=O) groups excluding carboxylic acids is 2. The second kappa shape index (κ2) is 6.59. The molecule has 4 heterocycles.